The third-order valence-corrected chi connectivity index (χ3v) is 3.94. The molecule has 2 heterocycles. The molecule has 0 aromatic rings. The highest BCUT2D eigenvalue weighted by molar-refractivity contribution is 5.97. The molecule has 1 N–H and O–H groups in total. The lowest BCUT2D eigenvalue weighted by atomic mass is 10.2. The molecule has 2 rings (SSSR count). The molecular weight excluding hydrogens is 300 g/mol. The van der Waals surface area contributed by atoms with E-state index >= 15 is 0 Å². The minimum atomic E-state index is -0.390. The molecule has 2 saturated heterocycles. The molecule has 0 radical (unpaired) electrons. The normalized spacial score (nSPS) is 21.7. The van der Waals surface area contributed by atoms with Gasteiger partial charge in [-0.05, 0) is 12.8 Å². The number of rotatable bonds is 4. The summed E-state index contributed by atoms with van der Waals surface area (Å²) in [5.74, 6) is -0.390. The van der Waals surface area contributed by atoms with E-state index in [1.165, 1.54) is 7.11 Å². The lowest BCUT2D eigenvalue weighted by molar-refractivity contribution is -0.117. The first kappa shape index (κ1) is 17.1. The van der Waals surface area contributed by atoms with Crippen LogP contribution in [0.5, 0.6) is 0 Å². The van der Waals surface area contributed by atoms with Crippen LogP contribution < -0.4 is 5.32 Å². The van der Waals surface area contributed by atoms with Crippen molar-refractivity contribution < 1.29 is 19.1 Å². The molecule has 0 aromatic carbocycles. The van der Waals surface area contributed by atoms with Gasteiger partial charge in [-0.3, -0.25) is 4.79 Å². The van der Waals surface area contributed by atoms with Crippen molar-refractivity contribution in [1.29, 1.82) is 5.26 Å². The monoisotopic (exact) mass is 322 g/mol. The van der Waals surface area contributed by atoms with Gasteiger partial charge in [0.1, 0.15) is 11.6 Å². The Kier molecular flexibility index (Phi) is 6.23. The van der Waals surface area contributed by atoms with Gasteiger partial charge in [0.15, 0.2) is 0 Å². The number of nitriles is 1. The van der Waals surface area contributed by atoms with E-state index in [1.807, 2.05) is 11.0 Å². The third kappa shape index (κ3) is 4.86. The van der Waals surface area contributed by atoms with Crippen molar-refractivity contribution in [2.45, 2.75) is 18.9 Å². The van der Waals surface area contributed by atoms with Crippen LogP contribution in [0.3, 0.4) is 0 Å². The van der Waals surface area contributed by atoms with Crippen molar-refractivity contribution in [1.82, 2.24) is 15.1 Å². The topological polar surface area (TPSA) is 94.9 Å². The average molecular weight is 322 g/mol. The number of carbonyl (C=O) groups excluding carboxylic acids is 2. The number of methoxy groups -OCH3 is 1. The molecule has 1 atom stereocenters. The second-order valence-corrected chi connectivity index (χ2v) is 5.49. The fourth-order valence-electron chi connectivity index (χ4n) is 2.59. The van der Waals surface area contributed by atoms with Crippen LogP contribution in [0.4, 0.5) is 4.79 Å². The van der Waals surface area contributed by atoms with Gasteiger partial charge in [-0.2, -0.15) is 5.26 Å². The maximum Gasteiger partial charge on any atom is 0.409 e. The minimum absolute atomic E-state index is 0.0440. The summed E-state index contributed by atoms with van der Waals surface area (Å²) >= 11 is 0. The highest BCUT2D eigenvalue weighted by Gasteiger charge is 2.22. The Morgan fingerprint density at radius 2 is 2.13 bits per heavy atom. The number of nitrogens with zero attached hydrogens (tertiary/aromatic N) is 3. The minimum Gasteiger partial charge on any atom is -0.453 e. The molecule has 126 valence electrons. The summed E-state index contributed by atoms with van der Waals surface area (Å²) < 4.78 is 10.1. The van der Waals surface area contributed by atoms with E-state index in [1.54, 1.807) is 11.1 Å². The van der Waals surface area contributed by atoms with Gasteiger partial charge >= 0.3 is 6.09 Å². The maximum absolute atomic E-state index is 12.1. The molecule has 0 bridgehead atoms. The van der Waals surface area contributed by atoms with Crippen molar-refractivity contribution in [3.63, 3.8) is 0 Å². The molecule has 0 saturated carbocycles. The first-order valence-corrected chi connectivity index (χ1v) is 7.72. The Labute approximate surface area is 135 Å². The van der Waals surface area contributed by atoms with Crippen LogP contribution in [0, 0.1) is 11.3 Å². The van der Waals surface area contributed by atoms with Gasteiger partial charge in [0.05, 0.1) is 13.2 Å². The van der Waals surface area contributed by atoms with Gasteiger partial charge < -0.3 is 24.6 Å². The third-order valence-electron chi connectivity index (χ3n) is 3.94. The van der Waals surface area contributed by atoms with E-state index in [9.17, 15) is 14.9 Å². The molecular formula is C15H22N4O4. The number of carbonyl (C=O) groups is 2. The summed E-state index contributed by atoms with van der Waals surface area (Å²) in [5, 5.41) is 11.9. The zero-order valence-electron chi connectivity index (χ0n) is 13.3. The van der Waals surface area contributed by atoms with Crippen LogP contribution in [0.25, 0.3) is 0 Å². The maximum atomic E-state index is 12.1. The lowest BCUT2D eigenvalue weighted by Gasteiger charge is -2.33. The summed E-state index contributed by atoms with van der Waals surface area (Å²) in [6.45, 7) is 3.26. The van der Waals surface area contributed by atoms with Gasteiger partial charge in [-0.25, -0.2) is 4.79 Å². The average Bonchev–Trinajstić information content (AvgIpc) is 3.11. The van der Waals surface area contributed by atoms with E-state index in [0.29, 0.717) is 32.7 Å². The van der Waals surface area contributed by atoms with Crippen LogP contribution in [0.15, 0.2) is 11.8 Å². The lowest BCUT2D eigenvalue weighted by Crippen LogP contribution is -2.47. The molecule has 8 nitrogen and oxygen atoms in total. The van der Waals surface area contributed by atoms with Crippen molar-refractivity contribution in [2.75, 3.05) is 46.4 Å². The molecule has 0 aromatic heterocycles. The summed E-state index contributed by atoms with van der Waals surface area (Å²) in [6.07, 6.45) is 3.18. The summed E-state index contributed by atoms with van der Waals surface area (Å²) in [5.41, 5.74) is 0.0644. The van der Waals surface area contributed by atoms with Crippen LogP contribution >= 0.6 is 0 Å². The van der Waals surface area contributed by atoms with Crippen molar-refractivity contribution in [2.24, 2.45) is 0 Å². The first-order valence-electron chi connectivity index (χ1n) is 7.72. The van der Waals surface area contributed by atoms with E-state index in [-0.39, 0.29) is 17.8 Å². The van der Waals surface area contributed by atoms with E-state index < -0.39 is 5.91 Å². The van der Waals surface area contributed by atoms with Crippen LogP contribution in [0.2, 0.25) is 0 Å². The SMILES string of the molecule is COC(=O)N1CCN(/C=C(/C#N)C(=O)NCC2CCCO2)CC1. The molecule has 23 heavy (non-hydrogen) atoms. The quantitative estimate of drug-likeness (QED) is 0.581. The molecule has 2 fully saturated rings. The highest BCUT2D eigenvalue weighted by Crippen LogP contribution is 2.11. The molecule has 1 unspecified atom stereocenters. The number of hydrogen-bond acceptors (Lipinski definition) is 6. The number of ether oxygens (including phenoxy) is 2. The van der Waals surface area contributed by atoms with Crippen molar-refractivity contribution in [3.05, 3.63) is 11.8 Å². The largest absolute Gasteiger partial charge is 0.453 e. The molecule has 2 aliphatic rings. The van der Waals surface area contributed by atoms with Gasteiger partial charge in [0.2, 0.25) is 0 Å². The van der Waals surface area contributed by atoms with Crippen LogP contribution in [-0.4, -0.2) is 74.3 Å². The number of hydrogen-bond donors (Lipinski definition) is 1. The van der Waals surface area contributed by atoms with Crippen LogP contribution in [-0.2, 0) is 14.3 Å². The predicted octanol–water partition coefficient (Wildman–Crippen LogP) is 0.0731. The summed E-state index contributed by atoms with van der Waals surface area (Å²) in [7, 11) is 1.35. The molecule has 2 aliphatic heterocycles. The number of nitrogens with one attached hydrogen (secondary N) is 1. The molecule has 0 spiro atoms. The van der Waals surface area contributed by atoms with Crippen LogP contribution in [0.1, 0.15) is 12.8 Å². The van der Waals surface area contributed by atoms with Gasteiger partial charge in [-0.15, -0.1) is 0 Å². The van der Waals surface area contributed by atoms with Gasteiger partial charge in [0, 0.05) is 45.5 Å². The second-order valence-electron chi connectivity index (χ2n) is 5.49. The van der Waals surface area contributed by atoms with E-state index in [2.05, 4.69) is 10.1 Å². The number of amides is 2. The highest BCUT2D eigenvalue weighted by atomic mass is 16.5. The molecule has 0 aliphatic carbocycles. The Hall–Kier alpha value is -2.27. The first-order chi connectivity index (χ1) is 11.1. The smallest absolute Gasteiger partial charge is 0.409 e. The number of piperazine rings is 1. The molecule has 8 heteroatoms. The van der Waals surface area contributed by atoms with Gasteiger partial charge in [-0.1, -0.05) is 0 Å². The van der Waals surface area contributed by atoms with E-state index in [0.717, 1.165) is 19.4 Å². The summed E-state index contributed by atoms with van der Waals surface area (Å²) in [4.78, 5) is 26.9. The Morgan fingerprint density at radius 1 is 1.39 bits per heavy atom. The fourth-order valence-corrected chi connectivity index (χ4v) is 2.59. The standard InChI is InChI=1S/C15H22N4O4/c1-22-15(21)19-6-4-18(5-7-19)11-12(9-16)14(20)17-10-13-3-2-8-23-13/h11,13H,2-8,10H2,1H3,(H,17,20)/b12-11-. The Balaban J connectivity index is 1.82. The Morgan fingerprint density at radius 3 is 2.70 bits per heavy atom. The van der Waals surface area contributed by atoms with Gasteiger partial charge in [0.25, 0.3) is 5.91 Å². The van der Waals surface area contributed by atoms with Crippen molar-refractivity contribution in [3.8, 4) is 6.07 Å². The molecule has 2 amide bonds. The zero-order chi connectivity index (χ0) is 16.7. The summed E-state index contributed by atoms with van der Waals surface area (Å²) in [6, 6.07) is 1.93. The fraction of sp³-hybridized carbons (Fsp3) is 0.667. The second kappa shape index (κ2) is 8.39. The Bertz CT molecular complexity index is 500. The van der Waals surface area contributed by atoms with E-state index in [4.69, 9.17) is 4.74 Å². The van der Waals surface area contributed by atoms with Crippen molar-refractivity contribution >= 4 is 12.0 Å². The zero-order valence-corrected chi connectivity index (χ0v) is 13.3. The predicted molar refractivity (Wildman–Crippen MR) is 81.2 cm³/mol.